The molecule has 0 N–H and O–H groups in total. The molecule has 0 amide bonds. The standard InChI is InChI=1S/C14H18N4O5/c1-21-14-13(9-12(18(19)20)11(10-15)16-14)23-6-2-3-17-4-7-22-8-5-17/h9H,2-8H2,1H3. The predicted molar refractivity (Wildman–Crippen MR) is 79.5 cm³/mol. The van der Waals surface area contributed by atoms with E-state index in [1.54, 1.807) is 6.07 Å². The van der Waals surface area contributed by atoms with E-state index < -0.39 is 10.6 Å². The molecular weight excluding hydrogens is 304 g/mol. The van der Waals surface area contributed by atoms with Gasteiger partial charge in [0.1, 0.15) is 6.07 Å². The van der Waals surface area contributed by atoms with Crippen LogP contribution in [-0.2, 0) is 4.74 Å². The number of methoxy groups -OCH3 is 1. The van der Waals surface area contributed by atoms with Crippen molar-refractivity contribution < 1.29 is 19.1 Å². The number of hydrogen-bond donors (Lipinski definition) is 0. The Morgan fingerprint density at radius 1 is 1.52 bits per heavy atom. The minimum absolute atomic E-state index is 0.0681. The third kappa shape index (κ3) is 4.51. The maximum absolute atomic E-state index is 11.0. The summed E-state index contributed by atoms with van der Waals surface area (Å²) in [5.74, 6) is 0.235. The molecule has 0 unspecified atom stereocenters. The highest BCUT2D eigenvalue weighted by atomic mass is 16.6. The highest BCUT2D eigenvalue weighted by Crippen LogP contribution is 2.31. The summed E-state index contributed by atoms with van der Waals surface area (Å²) in [5, 5.41) is 19.9. The molecule has 1 saturated heterocycles. The molecular formula is C14H18N4O5. The van der Waals surface area contributed by atoms with Gasteiger partial charge in [-0.25, -0.2) is 0 Å². The van der Waals surface area contributed by atoms with E-state index in [4.69, 9.17) is 19.5 Å². The molecule has 1 fully saturated rings. The second kappa shape index (κ2) is 8.26. The SMILES string of the molecule is COc1nc(C#N)c([N+](=O)[O-])cc1OCCCN1CCOCC1. The van der Waals surface area contributed by atoms with Crippen LogP contribution in [0.25, 0.3) is 0 Å². The molecule has 0 atom stereocenters. The van der Waals surface area contributed by atoms with Crippen LogP contribution < -0.4 is 9.47 Å². The average molecular weight is 322 g/mol. The van der Waals surface area contributed by atoms with E-state index >= 15 is 0 Å². The van der Waals surface area contributed by atoms with E-state index in [9.17, 15) is 10.1 Å². The molecule has 0 aromatic carbocycles. The van der Waals surface area contributed by atoms with Crippen molar-refractivity contribution in [2.75, 3.05) is 46.6 Å². The van der Waals surface area contributed by atoms with Gasteiger partial charge >= 0.3 is 5.69 Å². The van der Waals surface area contributed by atoms with E-state index in [1.807, 2.05) is 0 Å². The Kier molecular flexibility index (Phi) is 6.08. The summed E-state index contributed by atoms with van der Waals surface area (Å²) in [6, 6.07) is 2.86. The lowest BCUT2D eigenvalue weighted by atomic mass is 10.3. The lowest BCUT2D eigenvalue weighted by molar-refractivity contribution is -0.385. The van der Waals surface area contributed by atoms with Crippen LogP contribution in [0, 0.1) is 21.4 Å². The number of nitrogens with zero attached hydrogens (tertiary/aromatic N) is 4. The summed E-state index contributed by atoms with van der Waals surface area (Å²) < 4.78 is 15.9. The molecule has 1 aromatic rings. The van der Waals surface area contributed by atoms with Crippen LogP contribution in [0.5, 0.6) is 11.6 Å². The number of nitro groups is 1. The van der Waals surface area contributed by atoms with E-state index in [0.717, 1.165) is 39.3 Å². The van der Waals surface area contributed by atoms with Crippen LogP contribution >= 0.6 is 0 Å². The van der Waals surface area contributed by atoms with Crippen LogP contribution in [0.1, 0.15) is 12.1 Å². The number of rotatable bonds is 7. The second-order valence-corrected chi connectivity index (χ2v) is 4.89. The summed E-state index contributed by atoms with van der Waals surface area (Å²) in [6.45, 7) is 4.50. The average Bonchev–Trinajstić information content (AvgIpc) is 2.58. The quantitative estimate of drug-likeness (QED) is 0.415. The van der Waals surface area contributed by atoms with Gasteiger partial charge in [0, 0.05) is 19.6 Å². The Balaban J connectivity index is 1.96. The fourth-order valence-electron chi connectivity index (χ4n) is 2.23. The van der Waals surface area contributed by atoms with Gasteiger partial charge in [-0.1, -0.05) is 0 Å². The van der Waals surface area contributed by atoms with Crippen LogP contribution in [0.4, 0.5) is 5.69 Å². The number of ether oxygens (including phenoxy) is 3. The third-order valence-electron chi connectivity index (χ3n) is 3.41. The summed E-state index contributed by atoms with van der Waals surface area (Å²) in [4.78, 5) is 16.4. The molecule has 0 saturated carbocycles. The number of pyridine rings is 1. The van der Waals surface area contributed by atoms with E-state index in [2.05, 4.69) is 9.88 Å². The van der Waals surface area contributed by atoms with Gasteiger partial charge in [0.05, 0.1) is 37.9 Å². The maximum Gasteiger partial charge on any atom is 0.309 e. The Labute approximate surface area is 133 Å². The van der Waals surface area contributed by atoms with Crippen molar-refractivity contribution in [1.29, 1.82) is 5.26 Å². The fourth-order valence-corrected chi connectivity index (χ4v) is 2.23. The molecule has 0 spiro atoms. The molecule has 124 valence electrons. The van der Waals surface area contributed by atoms with Crippen molar-refractivity contribution in [3.05, 3.63) is 21.9 Å². The monoisotopic (exact) mass is 322 g/mol. The van der Waals surface area contributed by atoms with Crippen LogP contribution in [0.15, 0.2) is 6.07 Å². The lowest BCUT2D eigenvalue weighted by Gasteiger charge is -2.26. The highest BCUT2D eigenvalue weighted by Gasteiger charge is 2.21. The molecule has 1 aliphatic heterocycles. The molecule has 23 heavy (non-hydrogen) atoms. The lowest BCUT2D eigenvalue weighted by Crippen LogP contribution is -2.37. The summed E-state index contributed by atoms with van der Waals surface area (Å²) in [6.07, 6.45) is 0.761. The van der Waals surface area contributed by atoms with Crippen molar-refractivity contribution in [3.8, 4) is 17.7 Å². The Morgan fingerprint density at radius 2 is 2.26 bits per heavy atom. The molecule has 2 rings (SSSR count). The largest absolute Gasteiger partial charge is 0.488 e. The topological polar surface area (TPSA) is 111 Å². The van der Waals surface area contributed by atoms with E-state index in [0.29, 0.717) is 6.61 Å². The van der Waals surface area contributed by atoms with Crippen molar-refractivity contribution in [2.45, 2.75) is 6.42 Å². The van der Waals surface area contributed by atoms with Gasteiger partial charge in [-0.3, -0.25) is 15.0 Å². The van der Waals surface area contributed by atoms with Gasteiger partial charge in [-0.15, -0.1) is 0 Å². The first-order valence-electron chi connectivity index (χ1n) is 7.22. The first kappa shape index (κ1) is 16.9. The number of hydrogen-bond acceptors (Lipinski definition) is 8. The Hall–Kier alpha value is -2.44. The third-order valence-corrected chi connectivity index (χ3v) is 3.41. The van der Waals surface area contributed by atoms with Crippen molar-refractivity contribution in [2.24, 2.45) is 0 Å². The smallest absolute Gasteiger partial charge is 0.309 e. The molecule has 9 nitrogen and oxygen atoms in total. The predicted octanol–water partition coefficient (Wildman–Crippen LogP) is 0.971. The van der Waals surface area contributed by atoms with Gasteiger partial charge in [0.25, 0.3) is 5.88 Å². The van der Waals surface area contributed by atoms with Gasteiger partial charge in [-0.05, 0) is 6.42 Å². The highest BCUT2D eigenvalue weighted by molar-refractivity contribution is 5.52. The number of nitriles is 1. The van der Waals surface area contributed by atoms with Crippen LogP contribution in [0.2, 0.25) is 0 Å². The molecule has 2 heterocycles. The van der Waals surface area contributed by atoms with Crippen LogP contribution in [0.3, 0.4) is 0 Å². The van der Waals surface area contributed by atoms with Gasteiger partial charge < -0.3 is 14.2 Å². The molecule has 0 aliphatic carbocycles. The second-order valence-electron chi connectivity index (χ2n) is 4.89. The molecule has 1 aromatic heterocycles. The van der Waals surface area contributed by atoms with Gasteiger partial charge in [-0.2, -0.15) is 10.2 Å². The minimum atomic E-state index is -0.661. The number of morpholine rings is 1. The van der Waals surface area contributed by atoms with Crippen molar-refractivity contribution >= 4 is 5.69 Å². The first-order chi connectivity index (χ1) is 11.2. The van der Waals surface area contributed by atoms with Crippen LogP contribution in [-0.4, -0.2) is 61.4 Å². The molecule has 0 radical (unpaired) electrons. The zero-order valence-electron chi connectivity index (χ0n) is 12.9. The zero-order valence-corrected chi connectivity index (χ0v) is 12.9. The molecule has 9 heteroatoms. The van der Waals surface area contributed by atoms with E-state index in [-0.39, 0.29) is 17.3 Å². The first-order valence-corrected chi connectivity index (χ1v) is 7.22. The van der Waals surface area contributed by atoms with E-state index in [1.165, 1.54) is 13.2 Å². The van der Waals surface area contributed by atoms with Gasteiger partial charge in [0.15, 0.2) is 5.75 Å². The summed E-state index contributed by atoms with van der Waals surface area (Å²) >= 11 is 0. The molecule has 0 bridgehead atoms. The Bertz CT molecular complexity index is 596. The normalized spacial score (nSPS) is 15.0. The maximum atomic E-state index is 11.0. The number of aromatic nitrogens is 1. The summed E-state index contributed by atoms with van der Waals surface area (Å²) in [7, 11) is 1.37. The van der Waals surface area contributed by atoms with Crippen molar-refractivity contribution in [1.82, 2.24) is 9.88 Å². The fraction of sp³-hybridized carbons (Fsp3) is 0.571. The van der Waals surface area contributed by atoms with Gasteiger partial charge in [0.2, 0.25) is 5.69 Å². The molecule has 1 aliphatic rings. The summed E-state index contributed by atoms with van der Waals surface area (Å²) in [5.41, 5.74) is -0.691. The Morgan fingerprint density at radius 3 is 2.87 bits per heavy atom. The minimum Gasteiger partial charge on any atom is -0.488 e. The zero-order chi connectivity index (χ0) is 16.7. The van der Waals surface area contributed by atoms with Crippen molar-refractivity contribution in [3.63, 3.8) is 0 Å².